The van der Waals surface area contributed by atoms with Gasteiger partial charge < -0.3 is 11.1 Å². The van der Waals surface area contributed by atoms with Gasteiger partial charge in [-0.15, -0.1) is 0 Å². The fourth-order valence-corrected chi connectivity index (χ4v) is 1.39. The maximum absolute atomic E-state index is 13.2. The molecule has 98 valence electrons. The summed E-state index contributed by atoms with van der Waals surface area (Å²) < 4.78 is 13.2. The molecule has 0 radical (unpaired) electrons. The predicted molar refractivity (Wildman–Crippen MR) is 64.6 cm³/mol. The number of amides is 1. The number of nitrogens with zero attached hydrogens (tertiary/aromatic N) is 1. The van der Waals surface area contributed by atoms with E-state index in [9.17, 15) is 19.3 Å². The Labute approximate surface area is 103 Å². The van der Waals surface area contributed by atoms with Crippen molar-refractivity contribution in [3.8, 4) is 0 Å². The van der Waals surface area contributed by atoms with Crippen LogP contribution in [0.4, 0.5) is 15.8 Å². The zero-order chi connectivity index (χ0) is 13.5. The number of carbonyl (C=O) groups excluding carboxylic acids is 1. The Balaban J connectivity index is 2.60. The Hall–Kier alpha value is -2.02. The van der Waals surface area contributed by atoms with Crippen molar-refractivity contribution in [3.05, 3.63) is 34.1 Å². The van der Waals surface area contributed by atoms with Gasteiger partial charge in [0.1, 0.15) is 0 Å². The first kappa shape index (κ1) is 14.0. The minimum absolute atomic E-state index is 0.204. The van der Waals surface area contributed by atoms with E-state index in [4.69, 9.17) is 5.73 Å². The van der Waals surface area contributed by atoms with Crippen LogP contribution in [0.2, 0.25) is 0 Å². The lowest BCUT2D eigenvalue weighted by atomic mass is 10.2. The summed E-state index contributed by atoms with van der Waals surface area (Å²) in [6.45, 7) is 0.513. The van der Waals surface area contributed by atoms with Crippen molar-refractivity contribution in [2.75, 3.05) is 11.9 Å². The highest BCUT2D eigenvalue weighted by Gasteiger charge is 2.14. The first-order valence-electron chi connectivity index (χ1n) is 5.48. The summed E-state index contributed by atoms with van der Waals surface area (Å²) in [6.07, 6.45) is 1.68. The highest BCUT2D eigenvalue weighted by molar-refractivity contribution is 5.90. The van der Waals surface area contributed by atoms with E-state index in [2.05, 4.69) is 5.32 Å². The molecule has 3 N–H and O–H groups in total. The third-order valence-corrected chi connectivity index (χ3v) is 2.29. The number of nitrogens with two attached hydrogens (primary N) is 1. The zero-order valence-corrected chi connectivity index (χ0v) is 9.69. The molecule has 7 heteroatoms. The van der Waals surface area contributed by atoms with Gasteiger partial charge in [0, 0.05) is 24.2 Å². The number of benzene rings is 1. The Morgan fingerprint density at radius 2 is 2.17 bits per heavy atom. The number of nitro benzene ring substituents is 1. The van der Waals surface area contributed by atoms with E-state index in [0.29, 0.717) is 13.0 Å². The van der Waals surface area contributed by atoms with Crippen LogP contribution in [0.5, 0.6) is 0 Å². The van der Waals surface area contributed by atoms with Gasteiger partial charge >= 0.3 is 5.69 Å². The monoisotopic (exact) mass is 255 g/mol. The van der Waals surface area contributed by atoms with Crippen LogP contribution in [0.1, 0.15) is 19.3 Å². The van der Waals surface area contributed by atoms with Gasteiger partial charge in [0.25, 0.3) is 0 Å². The van der Waals surface area contributed by atoms with Crippen LogP contribution >= 0.6 is 0 Å². The zero-order valence-electron chi connectivity index (χ0n) is 9.69. The summed E-state index contributed by atoms with van der Waals surface area (Å²) in [7, 11) is 0. The fraction of sp³-hybridized carbons (Fsp3) is 0.364. The minimum atomic E-state index is -0.972. The molecule has 0 saturated carbocycles. The van der Waals surface area contributed by atoms with Crippen molar-refractivity contribution in [1.82, 2.24) is 0 Å². The highest BCUT2D eigenvalue weighted by Crippen LogP contribution is 2.20. The molecule has 0 aliphatic rings. The van der Waals surface area contributed by atoms with Crippen molar-refractivity contribution in [1.29, 1.82) is 0 Å². The normalized spacial score (nSPS) is 10.1. The van der Waals surface area contributed by atoms with Gasteiger partial charge in [0.2, 0.25) is 11.7 Å². The number of rotatable bonds is 6. The van der Waals surface area contributed by atoms with Crippen LogP contribution in [0.3, 0.4) is 0 Å². The van der Waals surface area contributed by atoms with E-state index in [1.54, 1.807) is 0 Å². The van der Waals surface area contributed by atoms with E-state index in [-0.39, 0.29) is 18.0 Å². The number of hydrogen-bond acceptors (Lipinski definition) is 4. The second-order valence-electron chi connectivity index (χ2n) is 3.72. The Morgan fingerprint density at radius 3 is 2.72 bits per heavy atom. The molecule has 1 amide bonds. The number of unbranched alkanes of at least 4 members (excludes halogenated alkanes) is 1. The van der Waals surface area contributed by atoms with E-state index in [1.165, 1.54) is 6.07 Å². The highest BCUT2D eigenvalue weighted by atomic mass is 19.1. The lowest BCUT2D eigenvalue weighted by molar-refractivity contribution is -0.387. The summed E-state index contributed by atoms with van der Waals surface area (Å²) in [5, 5.41) is 12.9. The molecule has 0 aliphatic heterocycles. The molecule has 1 rings (SSSR count). The summed E-state index contributed by atoms with van der Waals surface area (Å²) in [5.41, 5.74) is 4.88. The lowest BCUT2D eigenvalue weighted by Crippen LogP contribution is -2.12. The van der Waals surface area contributed by atoms with Crippen molar-refractivity contribution < 1.29 is 14.1 Å². The second-order valence-corrected chi connectivity index (χ2v) is 3.72. The van der Waals surface area contributed by atoms with E-state index in [1.807, 2.05) is 0 Å². The van der Waals surface area contributed by atoms with Crippen molar-refractivity contribution >= 4 is 17.3 Å². The van der Waals surface area contributed by atoms with Crippen LogP contribution in [-0.2, 0) is 4.79 Å². The van der Waals surface area contributed by atoms with Gasteiger partial charge in [0.15, 0.2) is 0 Å². The maximum atomic E-state index is 13.2. The van der Waals surface area contributed by atoms with Crippen molar-refractivity contribution in [3.63, 3.8) is 0 Å². The number of hydrogen-bond donors (Lipinski definition) is 2. The molecule has 0 fully saturated rings. The molecule has 0 spiro atoms. The summed E-state index contributed by atoms with van der Waals surface area (Å²) in [4.78, 5) is 21.0. The third kappa shape index (κ3) is 4.10. The Kier molecular flexibility index (Phi) is 5.19. The molecule has 0 aliphatic carbocycles. The second kappa shape index (κ2) is 6.65. The first-order valence-corrected chi connectivity index (χ1v) is 5.48. The van der Waals surface area contributed by atoms with Crippen LogP contribution in [0.15, 0.2) is 18.2 Å². The maximum Gasteiger partial charge on any atom is 0.304 e. The molecule has 1 aromatic carbocycles. The van der Waals surface area contributed by atoms with Gasteiger partial charge in [0.05, 0.1) is 4.92 Å². The smallest absolute Gasteiger partial charge is 0.304 e. The molecule has 0 heterocycles. The van der Waals surface area contributed by atoms with Gasteiger partial charge in [-0.25, -0.2) is 0 Å². The standard InChI is InChI=1S/C11H14FN3O3/c12-9-7-8(4-5-10(9)15(17)18)14-11(16)3-1-2-6-13/h4-5,7H,1-3,6,13H2,(H,14,16). The molecule has 0 aromatic heterocycles. The number of nitrogens with one attached hydrogen (secondary N) is 1. The van der Waals surface area contributed by atoms with Gasteiger partial charge in [-0.1, -0.05) is 0 Å². The molecular weight excluding hydrogens is 241 g/mol. The molecule has 18 heavy (non-hydrogen) atoms. The first-order chi connectivity index (χ1) is 8.54. The minimum Gasteiger partial charge on any atom is -0.330 e. The largest absolute Gasteiger partial charge is 0.330 e. The Morgan fingerprint density at radius 1 is 1.44 bits per heavy atom. The molecule has 0 unspecified atom stereocenters. The SMILES string of the molecule is NCCCCC(=O)Nc1ccc([N+](=O)[O-])c(F)c1. The molecule has 1 aromatic rings. The average molecular weight is 255 g/mol. The van der Waals surface area contributed by atoms with E-state index < -0.39 is 16.4 Å². The van der Waals surface area contributed by atoms with Gasteiger partial charge in [-0.2, -0.15) is 4.39 Å². The van der Waals surface area contributed by atoms with Crippen LogP contribution in [-0.4, -0.2) is 17.4 Å². The Bertz CT molecular complexity index is 451. The number of carbonyl (C=O) groups is 1. The number of halogens is 1. The van der Waals surface area contributed by atoms with Crippen molar-refractivity contribution in [2.24, 2.45) is 5.73 Å². The molecule has 0 bridgehead atoms. The molecule has 6 nitrogen and oxygen atoms in total. The summed E-state index contributed by atoms with van der Waals surface area (Å²) in [5.74, 6) is -1.24. The van der Waals surface area contributed by atoms with Gasteiger partial charge in [-0.3, -0.25) is 14.9 Å². The van der Waals surface area contributed by atoms with E-state index >= 15 is 0 Å². The summed E-state index contributed by atoms with van der Waals surface area (Å²) in [6, 6.07) is 3.24. The van der Waals surface area contributed by atoms with Crippen LogP contribution < -0.4 is 11.1 Å². The number of nitro groups is 1. The van der Waals surface area contributed by atoms with Gasteiger partial charge in [-0.05, 0) is 25.5 Å². The molecule has 0 saturated heterocycles. The molecular formula is C11H14FN3O3. The predicted octanol–water partition coefficient (Wildman–Crippen LogP) is 1.80. The lowest BCUT2D eigenvalue weighted by Gasteiger charge is -2.05. The van der Waals surface area contributed by atoms with Crippen LogP contribution in [0.25, 0.3) is 0 Å². The number of anilines is 1. The van der Waals surface area contributed by atoms with E-state index in [0.717, 1.165) is 18.6 Å². The van der Waals surface area contributed by atoms with Crippen molar-refractivity contribution in [2.45, 2.75) is 19.3 Å². The topological polar surface area (TPSA) is 98.3 Å². The van der Waals surface area contributed by atoms with Crippen LogP contribution in [0, 0.1) is 15.9 Å². The third-order valence-electron chi connectivity index (χ3n) is 2.29. The molecule has 0 atom stereocenters. The average Bonchev–Trinajstić information content (AvgIpc) is 2.28. The summed E-state index contributed by atoms with van der Waals surface area (Å²) >= 11 is 0. The fourth-order valence-electron chi connectivity index (χ4n) is 1.39. The quantitative estimate of drug-likeness (QED) is 0.460.